The van der Waals surface area contributed by atoms with E-state index in [2.05, 4.69) is 15.3 Å². The van der Waals surface area contributed by atoms with Crippen LogP contribution >= 0.6 is 0 Å². The van der Waals surface area contributed by atoms with Crippen LogP contribution in [0, 0.1) is 11.8 Å². The van der Waals surface area contributed by atoms with Crippen molar-refractivity contribution in [3.63, 3.8) is 0 Å². The number of hydrogen-bond donors (Lipinski definition) is 2. The third-order valence-corrected chi connectivity index (χ3v) is 7.09. The van der Waals surface area contributed by atoms with Crippen LogP contribution in [0.4, 0.5) is 30.7 Å². The van der Waals surface area contributed by atoms with E-state index in [1.165, 1.54) is 18.6 Å². The van der Waals surface area contributed by atoms with Gasteiger partial charge in [-0.3, -0.25) is 4.79 Å². The second-order valence-electron chi connectivity index (χ2n) is 8.85. The van der Waals surface area contributed by atoms with E-state index in [-0.39, 0.29) is 36.1 Å². The van der Waals surface area contributed by atoms with E-state index in [1.807, 2.05) is 6.92 Å². The van der Waals surface area contributed by atoms with Gasteiger partial charge in [-0.25, -0.2) is 9.37 Å². The van der Waals surface area contributed by atoms with Crippen LogP contribution in [0.2, 0.25) is 0 Å². The average molecular weight is 477 g/mol. The van der Waals surface area contributed by atoms with Crippen molar-refractivity contribution in [3.05, 3.63) is 53.1 Å². The largest absolute Gasteiger partial charge is 0.435 e. The van der Waals surface area contributed by atoms with Crippen molar-refractivity contribution in [1.82, 2.24) is 15.3 Å². The molecule has 2 aromatic rings. The first-order valence-corrected chi connectivity index (χ1v) is 10.6. The Morgan fingerprint density at radius 2 is 1.79 bits per heavy atom. The predicted octanol–water partition coefficient (Wildman–Crippen LogP) is 5.57. The number of aromatic amines is 1. The van der Waals surface area contributed by atoms with E-state index < -0.39 is 23.6 Å². The molecule has 2 N–H and O–H groups in total. The van der Waals surface area contributed by atoms with Crippen LogP contribution in [0.3, 0.4) is 0 Å². The van der Waals surface area contributed by atoms with Gasteiger partial charge in [-0.1, -0.05) is 18.2 Å². The molecule has 4 atom stereocenters. The molecule has 0 aliphatic heterocycles. The van der Waals surface area contributed by atoms with Crippen molar-refractivity contribution in [3.8, 4) is 0 Å². The van der Waals surface area contributed by atoms with E-state index >= 15 is 0 Å². The number of fused-ring (bicyclic) bond motifs is 3. The van der Waals surface area contributed by atoms with Gasteiger partial charge in [0.2, 0.25) is 0 Å². The van der Waals surface area contributed by atoms with Gasteiger partial charge in [0.15, 0.2) is 0 Å². The van der Waals surface area contributed by atoms with Crippen molar-refractivity contribution in [2.45, 2.75) is 62.6 Å². The maximum Gasteiger partial charge on any atom is 0.435 e. The number of aryl methyl sites for hydroxylation is 1. The normalized spacial score (nSPS) is 24.2. The van der Waals surface area contributed by atoms with Crippen LogP contribution in [0.15, 0.2) is 30.7 Å². The molecule has 4 rings (SSSR count). The molecular formula is C22H22F7N3O. The lowest BCUT2D eigenvalue weighted by molar-refractivity contribution is -0.348. The molecular weight excluding hydrogens is 455 g/mol. The zero-order chi connectivity index (χ0) is 24.2. The monoisotopic (exact) mass is 477 g/mol. The number of benzene rings is 1. The Labute approximate surface area is 185 Å². The summed E-state index contributed by atoms with van der Waals surface area (Å²) in [6.07, 6.45) is -7.25. The lowest BCUT2D eigenvalue weighted by atomic mass is 9.72. The summed E-state index contributed by atoms with van der Waals surface area (Å²) in [5, 5.41) is 2.93. The van der Waals surface area contributed by atoms with Gasteiger partial charge in [0, 0.05) is 11.6 Å². The van der Waals surface area contributed by atoms with Crippen LogP contribution < -0.4 is 5.32 Å². The minimum atomic E-state index is -6.13. The number of imidazole rings is 1. The van der Waals surface area contributed by atoms with Crippen LogP contribution in [-0.4, -0.2) is 34.3 Å². The zero-order valence-electron chi connectivity index (χ0n) is 17.5. The molecule has 1 heterocycles. The van der Waals surface area contributed by atoms with E-state index in [9.17, 15) is 35.5 Å². The van der Waals surface area contributed by atoms with Gasteiger partial charge in [0.05, 0.1) is 12.5 Å². The summed E-state index contributed by atoms with van der Waals surface area (Å²) in [7, 11) is 0. The molecule has 1 amide bonds. The number of aromatic nitrogens is 2. The Balaban J connectivity index is 1.56. The van der Waals surface area contributed by atoms with Gasteiger partial charge in [-0.2, -0.15) is 26.3 Å². The van der Waals surface area contributed by atoms with Crippen molar-refractivity contribution in [2.75, 3.05) is 0 Å². The number of alkyl halides is 7. The predicted molar refractivity (Wildman–Crippen MR) is 104 cm³/mol. The molecule has 180 valence electrons. The number of H-pyrrole nitrogens is 1. The van der Waals surface area contributed by atoms with Crippen molar-refractivity contribution in [2.24, 2.45) is 11.8 Å². The zero-order valence-corrected chi connectivity index (χ0v) is 17.5. The lowest BCUT2D eigenvalue weighted by Gasteiger charge is -2.36. The highest BCUT2D eigenvalue weighted by molar-refractivity contribution is 5.92. The van der Waals surface area contributed by atoms with E-state index in [0.717, 1.165) is 12.5 Å². The summed E-state index contributed by atoms with van der Waals surface area (Å²) in [6, 6.07) is 2.36. The summed E-state index contributed by atoms with van der Waals surface area (Å²) < 4.78 is 93.3. The molecule has 0 spiro atoms. The summed E-state index contributed by atoms with van der Waals surface area (Å²) in [6.45, 7) is 1.88. The maximum absolute atomic E-state index is 14.5. The fraction of sp³-hybridized carbons (Fsp3) is 0.545. The highest BCUT2D eigenvalue weighted by atomic mass is 19.4. The van der Waals surface area contributed by atoms with Crippen molar-refractivity contribution in [1.29, 1.82) is 0 Å². The maximum atomic E-state index is 14.5. The van der Waals surface area contributed by atoms with Gasteiger partial charge < -0.3 is 10.3 Å². The number of halogens is 7. The number of rotatable bonds is 4. The molecule has 0 bridgehead atoms. The molecule has 4 nitrogen and oxygen atoms in total. The number of hydrogen-bond acceptors (Lipinski definition) is 2. The Bertz CT molecular complexity index is 1000. The minimum absolute atomic E-state index is 0.0647. The molecule has 1 fully saturated rings. The van der Waals surface area contributed by atoms with Crippen LogP contribution in [0.25, 0.3) is 0 Å². The van der Waals surface area contributed by atoms with Gasteiger partial charge in [0.25, 0.3) is 5.91 Å². The van der Waals surface area contributed by atoms with E-state index in [0.29, 0.717) is 35.7 Å². The van der Waals surface area contributed by atoms with Crippen LogP contribution in [-0.2, 0) is 12.1 Å². The first-order valence-electron chi connectivity index (χ1n) is 10.6. The van der Waals surface area contributed by atoms with Crippen LogP contribution in [0.5, 0.6) is 0 Å². The number of carbonyl (C=O) groups is 1. The van der Waals surface area contributed by atoms with Gasteiger partial charge in [-0.15, -0.1) is 0 Å². The molecule has 2 aliphatic carbocycles. The topological polar surface area (TPSA) is 57.8 Å². The molecule has 3 unspecified atom stereocenters. The molecule has 1 aromatic carbocycles. The second-order valence-corrected chi connectivity index (χ2v) is 8.85. The fourth-order valence-corrected chi connectivity index (χ4v) is 5.50. The first-order chi connectivity index (χ1) is 15.3. The Morgan fingerprint density at radius 3 is 2.39 bits per heavy atom. The number of amides is 1. The third kappa shape index (κ3) is 3.89. The number of carbonyl (C=O) groups excluding carboxylic acids is 1. The summed E-state index contributed by atoms with van der Waals surface area (Å²) in [5.74, 6) is -0.158. The van der Waals surface area contributed by atoms with E-state index in [4.69, 9.17) is 0 Å². The van der Waals surface area contributed by atoms with Gasteiger partial charge in [0.1, 0.15) is 5.69 Å². The number of nitrogens with one attached hydrogen (secondary N) is 2. The van der Waals surface area contributed by atoms with Gasteiger partial charge in [-0.05, 0) is 61.5 Å². The van der Waals surface area contributed by atoms with Gasteiger partial charge >= 0.3 is 18.0 Å². The molecule has 0 saturated heterocycles. The standard InChI is InChI=1S/C22H22F7N3O/c1-11(32-19(33)18-9-30-10-31-18)14-6-7-17-15-5-3-13(8-12(15)2-4-16(14)17)20(23,21(24,25)26)22(27,28)29/h3,5,8-11,14,16-17H,2,4,6-7H2,1H3,(H,30,31)(H,32,33)/t11?,14-,16?,17?/m0/s1. The fourth-order valence-electron chi connectivity index (χ4n) is 5.50. The highest BCUT2D eigenvalue weighted by Gasteiger charge is 2.73. The minimum Gasteiger partial charge on any atom is -0.348 e. The summed E-state index contributed by atoms with van der Waals surface area (Å²) >= 11 is 0. The second kappa shape index (κ2) is 8.02. The molecule has 11 heteroatoms. The molecule has 0 radical (unpaired) electrons. The van der Waals surface area contributed by atoms with E-state index in [1.54, 1.807) is 0 Å². The lowest BCUT2D eigenvalue weighted by Crippen LogP contribution is -2.50. The molecule has 33 heavy (non-hydrogen) atoms. The smallest absolute Gasteiger partial charge is 0.348 e. The third-order valence-electron chi connectivity index (χ3n) is 7.09. The Hall–Kier alpha value is -2.59. The van der Waals surface area contributed by atoms with Crippen molar-refractivity contribution >= 4 is 5.91 Å². The first kappa shape index (κ1) is 23.6. The Kier molecular flexibility index (Phi) is 5.73. The van der Waals surface area contributed by atoms with Crippen LogP contribution in [0.1, 0.15) is 59.3 Å². The molecule has 2 aliphatic rings. The summed E-state index contributed by atoms with van der Waals surface area (Å²) in [5.41, 5.74) is -5.55. The quantitative estimate of drug-likeness (QED) is 0.566. The average Bonchev–Trinajstić information content (AvgIpc) is 3.41. The molecule has 1 saturated carbocycles. The highest BCUT2D eigenvalue weighted by Crippen LogP contribution is 2.55. The summed E-state index contributed by atoms with van der Waals surface area (Å²) in [4.78, 5) is 18.9. The van der Waals surface area contributed by atoms with Crippen molar-refractivity contribution < 1.29 is 35.5 Å². The SMILES string of the molecule is CC(NC(=O)c1cnc[nH]1)[C@@H]1CCC2c3ccc(C(F)(C(F)(F)F)C(F)(F)F)cc3CCC21. The molecule has 1 aromatic heterocycles. The number of nitrogens with zero attached hydrogens (tertiary/aromatic N) is 1. The Morgan fingerprint density at radius 1 is 1.09 bits per heavy atom.